The van der Waals surface area contributed by atoms with E-state index in [9.17, 15) is 18.0 Å². The summed E-state index contributed by atoms with van der Waals surface area (Å²) < 4.78 is 34.0. The minimum Gasteiger partial charge on any atom is -0.497 e. The number of amides is 2. The van der Waals surface area contributed by atoms with Gasteiger partial charge in [0.1, 0.15) is 18.3 Å². The second kappa shape index (κ2) is 13.6. The third-order valence-electron chi connectivity index (χ3n) is 6.21. The highest BCUT2D eigenvalue weighted by Gasteiger charge is 2.34. The van der Waals surface area contributed by atoms with Crippen LogP contribution in [-0.4, -0.2) is 50.4 Å². The molecule has 11 heteroatoms. The quantitative estimate of drug-likeness (QED) is 0.287. The molecule has 0 aliphatic rings. The molecule has 0 aromatic heterocycles. The number of carbonyl (C=O) groups is 2. The van der Waals surface area contributed by atoms with Gasteiger partial charge in [0, 0.05) is 22.1 Å². The number of anilines is 1. The molecule has 0 saturated heterocycles. The zero-order valence-electron chi connectivity index (χ0n) is 23.7. The summed E-state index contributed by atoms with van der Waals surface area (Å²) >= 11 is 12.5. The van der Waals surface area contributed by atoms with Gasteiger partial charge in [0.05, 0.1) is 17.7 Å². The number of benzene rings is 3. The van der Waals surface area contributed by atoms with Crippen molar-refractivity contribution in [3.05, 3.63) is 88.4 Å². The number of nitrogens with zero attached hydrogens (tertiary/aromatic N) is 2. The Balaban J connectivity index is 2.07. The van der Waals surface area contributed by atoms with Crippen LogP contribution in [0.2, 0.25) is 10.0 Å². The van der Waals surface area contributed by atoms with Crippen LogP contribution in [0.3, 0.4) is 0 Å². The van der Waals surface area contributed by atoms with Crippen LogP contribution in [-0.2, 0) is 26.2 Å². The fourth-order valence-electron chi connectivity index (χ4n) is 4.20. The van der Waals surface area contributed by atoms with Gasteiger partial charge >= 0.3 is 0 Å². The van der Waals surface area contributed by atoms with Crippen molar-refractivity contribution in [1.82, 2.24) is 10.2 Å². The predicted octanol–water partition coefficient (Wildman–Crippen LogP) is 5.92. The van der Waals surface area contributed by atoms with Gasteiger partial charge in [0.15, 0.2) is 0 Å². The summed E-state index contributed by atoms with van der Waals surface area (Å²) in [4.78, 5) is 28.9. The van der Waals surface area contributed by atoms with Crippen LogP contribution in [0.15, 0.2) is 77.7 Å². The fraction of sp³-hybridized carbons (Fsp3) is 0.333. The van der Waals surface area contributed by atoms with E-state index in [-0.39, 0.29) is 23.8 Å². The third kappa shape index (κ3) is 8.38. The summed E-state index contributed by atoms with van der Waals surface area (Å²) in [7, 11) is -2.70. The van der Waals surface area contributed by atoms with Crippen molar-refractivity contribution in [2.24, 2.45) is 0 Å². The number of ether oxygens (including phenoxy) is 1. The molecule has 0 bridgehead atoms. The van der Waals surface area contributed by atoms with E-state index in [1.807, 2.05) is 20.8 Å². The topological polar surface area (TPSA) is 96.0 Å². The van der Waals surface area contributed by atoms with Crippen molar-refractivity contribution in [1.29, 1.82) is 0 Å². The monoisotopic (exact) mass is 619 g/mol. The van der Waals surface area contributed by atoms with E-state index >= 15 is 0 Å². The van der Waals surface area contributed by atoms with Crippen LogP contribution in [0, 0.1) is 0 Å². The van der Waals surface area contributed by atoms with Crippen LogP contribution >= 0.6 is 23.2 Å². The zero-order valence-corrected chi connectivity index (χ0v) is 26.1. The summed E-state index contributed by atoms with van der Waals surface area (Å²) in [5, 5.41) is 3.69. The van der Waals surface area contributed by atoms with E-state index < -0.39 is 34.1 Å². The van der Waals surface area contributed by atoms with Crippen LogP contribution in [0.1, 0.15) is 39.7 Å². The lowest BCUT2D eigenvalue weighted by Crippen LogP contribution is -2.55. The molecule has 0 saturated carbocycles. The van der Waals surface area contributed by atoms with Crippen molar-refractivity contribution in [3.8, 4) is 5.75 Å². The van der Waals surface area contributed by atoms with E-state index in [4.69, 9.17) is 27.9 Å². The second-order valence-corrected chi connectivity index (χ2v) is 13.1. The lowest BCUT2D eigenvalue weighted by molar-refractivity contribution is -0.141. The van der Waals surface area contributed by atoms with Crippen molar-refractivity contribution < 1.29 is 22.7 Å². The molecule has 0 unspecified atom stereocenters. The van der Waals surface area contributed by atoms with E-state index in [0.29, 0.717) is 27.0 Å². The summed E-state index contributed by atoms with van der Waals surface area (Å²) in [6.07, 6.45) is 0.287. The molecule has 3 rings (SSSR count). The first-order valence-corrected chi connectivity index (χ1v) is 15.2. The lowest BCUT2D eigenvalue weighted by atomic mass is 10.1. The second-order valence-electron chi connectivity index (χ2n) is 10.4. The fourth-order valence-corrected chi connectivity index (χ4v) is 6.09. The highest BCUT2D eigenvalue weighted by molar-refractivity contribution is 7.92. The number of halogens is 2. The van der Waals surface area contributed by atoms with E-state index in [1.54, 1.807) is 55.5 Å². The van der Waals surface area contributed by atoms with Gasteiger partial charge in [-0.05, 0) is 81.3 Å². The van der Waals surface area contributed by atoms with Crippen LogP contribution < -0.4 is 14.4 Å². The van der Waals surface area contributed by atoms with E-state index in [2.05, 4.69) is 5.32 Å². The van der Waals surface area contributed by atoms with Crippen LogP contribution in [0.5, 0.6) is 5.75 Å². The molecule has 1 N–H and O–H groups in total. The Hall–Kier alpha value is -3.27. The maximum absolute atomic E-state index is 14.1. The standard InChI is InChI=1S/C30H35Cl2N3O5S/c1-6-27(29(37)33-30(2,3)4)34(19-21-12-13-22(31)18-26(21)32)28(36)20-35(23-10-8-7-9-11-23)41(38,39)25-16-14-24(40-5)15-17-25/h7-18,27H,6,19-20H2,1-5H3,(H,33,37)/t27-/m0/s1. The molecular formula is C30H35Cl2N3O5S. The molecule has 3 aromatic rings. The molecule has 8 nitrogen and oxygen atoms in total. The number of carbonyl (C=O) groups excluding carboxylic acids is 2. The van der Waals surface area contributed by atoms with Crippen molar-refractivity contribution in [2.75, 3.05) is 18.0 Å². The molecular weight excluding hydrogens is 585 g/mol. The largest absolute Gasteiger partial charge is 0.497 e. The average molecular weight is 621 g/mol. The molecule has 220 valence electrons. The highest BCUT2D eigenvalue weighted by Crippen LogP contribution is 2.27. The number of methoxy groups -OCH3 is 1. The van der Waals surface area contributed by atoms with Gasteiger partial charge < -0.3 is 15.0 Å². The lowest BCUT2D eigenvalue weighted by Gasteiger charge is -2.35. The normalized spacial score (nSPS) is 12.4. The summed E-state index contributed by atoms with van der Waals surface area (Å²) in [5.41, 5.74) is 0.314. The third-order valence-corrected chi connectivity index (χ3v) is 8.59. The summed E-state index contributed by atoms with van der Waals surface area (Å²) in [6.45, 7) is 6.74. The highest BCUT2D eigenvalue weighted by atomic mass is 35.5. The molecule has 0 heterocycles. The van der Waals surface area contributed by atoms with Crippen molar-refractivity contribution in [2.45, 2.75) is 57.1 Å². The van der Waals surface area contributed by atoms with Crippen molar-refractivity contribution in [3.63, 3.8) is 0 Å². The molecule has 41 heavy (non-hydrogen) atoms. The van der Waals surface area contributed by atoms with E-state index in [0.717, 1.165) is 4.31 Å². The molecule has 2 amide bonds. The molecule has 1 atom stereocenters. The summed E-state index contributed by atoms with van der Waals surface area (Å²) in [5.74, 6) is -0.441. The molecule has 0 spiro atoms. The van der Waals surface area contributed by atoms with Gasteiger partial charge in [-0.2, -0.15) is 0 Å². The zero-order chi connectivity index (χ0) is 30.4. The number of para-hydroxylation sites is 1. The molecule has 0 aliphatic carbocycles. The maximum Gasteiger partial charge on any atom is 0.264 e. The molecule has 0 fully saturated rings. The van der Waals surface area contributed by atoms with E-state index in [1.165, 1.54) is 36.3 Å². The van der Waals surface area contributed by atoms with Gasteiger partial charge in [-0.1, -0.05) is 54.4 Å². The first-order valence-electron chi connectivity index (χ1n) is 13.0. The SMILES string of the molecule is CC[C@@H](C(=O)NC(C)(C)C)N(Cc1ccc(Cl)cc1Cl)C(=O)CN(c1ccccc1)S(=O)(=O)c1ccc(OC)cc1. The van der Waals surface area contributed by atoms with Crippen LogP contribution in [0.4, 0.5) is 5.69 Å². The number of nitrogens with one attached hydrogen (secondary N) is 1. The first kappa shape index (κ1) is 32.2. The summed E-state index contributed by atoms with van der Waals surface area (Å²) in [6, 6.07) is 18.3. The smallest absolute Gasteiger partial charge is 0.264 e. The number of sulfonamides is 1. The minimum absolute atomic E-state index is 0.0141. The van der Waals surface area contributed by atoms with Gasteiger partial charge in [0.2, 0.25) is 11.8 Å². The Kier molecular flexibility index (Phi) is 10.7. The van der Waals surface area contributed by atoms with Gasteiger partial charge in [-0.3, -0.25) is 13.9 Å². The Bertz CT molecular complexity index is 1460. The van der Waals surface area contributed by atoms with Crippen molar-refractivity contribution >= 4 is 50.7 Å². The predicted molar refractivity (Wildman–Crippen MR) is 163 cm³/mol. The molecule has 3 aromatic carbocycles. The Morgan fingerprint density at radius 1 is 0.976 bits per heavy atom. The minimum atomic E-state index is -4.19. The number of hydrogen-bond acceptors (Lipinski definition) is 5. The number of hydrogen-bond donors (Lipinski definition) is 1. The average Bonchev–Trinajstić information content (AvgIpc) is 2.92. The Morgan fingerprint density at radius 3 is 2.15 bits per heavy atom. The maximum atomic E-state index is 14.1. The molecule has 0 radical (unpaired) electrons. The Morgan fingerprint density at radius 2 is 1.61 bits per heavy atom. The Labute approximate surface area is 252 Å². The molecule has 0 aliphatic heterocycles. The number of rotatable bonds is 11. The first-order chi connectivity index (χ1) is 19.3. The van der Waals surface area contributed by atoms with Crippen LogP contribution in [0.25, 0.3) is 0 Å². The van der Waals surface area contributed by atoms with Gasteiger partial charge in [0.25, 0.3) is 10.0 Å². The van der Waals surface area contributed by atoms with Gasteiger partial charge in [-0.15, -0.1) is 0 Å². The van der Waals surface area contributed by atoms with Gasteiger partial charge in [-0.25, -0.2) is 8.42 Å².